The molecule has 0 spiro atoms. The summed E-state index contributed by atoms with van der Waals surface area (Å²) in [6.45, 7) is 2.96. The number of benzene rings is 1. The third-order valence-electron chi connectivity index (χ3n) is 2.17. The van der Waals surface area contributed by atoms with Crippen LogP contribution in [0, 0.1) is 0 Å². The molecule has 0 heterocycles. The first kappa shape index (κ1) is 14.8. The van der Waals surface area contributed by atoms with Gasteiger partial charge in [0.05, 0.1) is 11.3 Å². The van der Waals surface area contributed by atoms with Gasteiger partial charge >= 0.3 is 5.97 Å². The molecule has 0 unspecified atom stereocenters. The highest BCUT2D eigenvalue weighted by molar-refractivity contribution is 7.90. The number of nitrogens with zero attached hydrogens (tertiary/aromatic N) is 1. The lowest BCUT2D eigenvalue weighted by Gasteiger charge is -2.05. The van der Waals surface area contributed by atoms with Gasteiger partial charge in [-0.15, -0.1) is 0 Å². The van der Waals surface area contributed by atoms with Crippen molar-refractivity contribution < 1.29 is 23.1 Å². The van der Waals surface area contributed by atoms with Gasteiger partial charge in [-0.25, -0.2) is 0 Å². The van der Waals surface area contributed by atoms with Gasteiger partial charge in [-0.05, 0) is 24.3 Å². The Bertz CT molecular complexity index is 592. The summed E-state index contributed by atoms with van der Waals surface area (Å²) in [6, 6.07) is 5.32. The van der Waals surface area contributed by atoms with E-state index in [0.717, 1.165) is 0 Å². The minimum absolute atomic E-state index is 0.0361. The molecule has 0 aliphatic carbocycles. The molecular weight excluding hydrogens is 272 g/mol. The number of carbonyl (C=O) groups excluding carboxylic acids is 1. The summed E-state index contributed by atoms with van der Waals surface area (Å²) >= 11 is 0. The smallest absolute Gasteiger partial charge is 0.303 e. The van der Waals surface area contributed by atoms with Crippen LogP contribution in [0.5, 0.6) is 0 Å². The third-order valence-corrected chi connectivity index (χ3v) is 3.38. The number of aliphatic carboxylic acids is 1. The molecule has 0 saturated heterocycles. The number of rotatable bonds is 6. The number of carboxylic acids is 1. The maximum Gasteiger partial charge on any atom is 0.303 e. The normalized spacial score (nSPS) is 10.7. The van der Waals surface area contributed by atoms with Crippen LogP contribution in [-0.2, 0) is 19.6 Å². The zero-order valence-electron chi connectivity index (χ0n) is 9.87. The molecule has 2 N–H and O–H groups in total. The predicted octanol–water partition coefficient (Wildman–Crippen LogP) is 0.879. The van der Waals surface area contributed by atoms with E-state index < -0.39 is 21.9 Å². The average Bonchev–Trinajstić information content (AvgIpc) is 2.37. The number of anilines is 1. The second-order valence-electron chi connectivity index (χ2n) is 3.57. The van der Waals surface area contributed by atoms with Crippen molar-refractivity contribution >= 4 is 34.3 Å². The largest absolute Gasteiger partial charge is 0.481 e. The number of amides is 1. The zero-order chi connectivity index (χ0) is 14.5. The molecule has 1 aromatic rings. The van der Waals surface area contributed by atoms with Gasteiger partial charge < -0.3 is 10.4 Å². The molecule has 1 aromatic carbocycles. The lowest BCUT2D eigenvalue weighted by Crippen LogP contribution is -2.13. The van der Waals surface area contributed by atoms with E-state index >= 15 is 0 Å². The van der Waals surface area contributed by atoms with Gasteiger partial charge in [-0.3, -0.25) is 9.59 Å². The first-order chi connectivity index (χ1) is 8.85. The molecule has 19 heavy (non-hydrogen) atoms. The summed E-state index contributed by atoms with van der Waals surface area (Å²) in [5.74, 6) is -1.52. The Kier molecular flexibility index (Phi) is 4.76. The Balaban J connectivity index is 2.70. The van der Waals surface area contributed by atoms with Crippen LogP contribution < -0.4 is 5.32 Å². The Labute approximate surface area is 110 Å². The van der Waals surface area contributed by atoms with Gasteiger partial charge in [0.15, 0.2) is 0 Å². The van der Waals surface area contributed by atoms with E-state index in [1.165, 1.54) is 24.3 Å². The van der Waals surface area contributed by atoms with Crippen LogP contribution in [0.1, 0.15) is 12.8 Å². The molecule has 0 aliphatic rings. The molecule has 0 saturated carbocycles. The monoisotopic (exact) mass is 284 g/mol. The highest BCUT2D eigenvalue weighted by atomic mass is 32.2. The average molecular weight is 284 g/mol. The number of hydrogen-bond donors (Lipinski definition) is 2. The highest BCUT2D eigenvalue weighted by Gasteiger charge is 2.11. The maximum atomic E-state index is 11.3. The number of nitrogens with one attached hydrogen (secondary N) is 1. The van der Waals surface area contributed by atoms with Crippen molar-refractivity contribution in [3.8, 4) is 0 Å². The van der Waals surface area contributed by atoms with Crippen molar-refractivity contribution in [2.24, 2.45) is 4.40 Å². The van der Waals surface area contributed by atoms with Gasteiger partial charge in [-0.2, -0.15) is 12.8 Å². The molecule has 0 aromatic heterocycles. The molecule has 0 bridgehead atoms. The maximum absolute atomic E-state index is 11.3. The van der Waals surface area contributed by atoms with E-state index in [2.05, 4.69) is 16.4 Å². The minimum Gasteiger partial charge on any atom is -0.481 e. The van der Waals surface area contributed by atoms with Gasteiger partial charge in [0.1, 0.15) is 0 Å². The number of carboxylic acid groups (broad SMARTS) is 1. The van der Waals surface area contributed by atoms with E-state index in [1.54, 1.807) is 0 Å². The summed E-state index contributed by atoms with van der Waals surface area (Å²) in [5.41, 5.74) is 0.374. The molecule has 102 valence electrons. The zero-order valence-corrected chi connectivity index (χ0v) is 10.7. The van der Waals surface area contributed by atoms with Gasteiger partial charge in [0, 0.05) is 18.8 Å². The second-order valence-corrected chi connectivity index (χ2v) is 5.25. The molecule has 1 rings (SSSR count). The van der Waals surface area contributed by atoms with E-state index in [-0.39, 0.29) is 17.7 Å². The van der Waals surface area contributed by atoms with Crippen LogP contribution >= 0.6 is 0 Å². The number of carbonyl (C=O) groups is 2. The Hall–Kier alpha value is -2.22. The van der Waals surface area contributed by atoms with Gasteiger partial charge in [0.25, 0.3) is 10.0 Å². The molecule has 0 aliphatic heterocycles. The fraction of sp³-hybridized carbons (Fsp3) is 0.182. The summed E-state index contributed by atoms with van der Waals surface area (Å²) in [6.07, 6.45) is -0.414. The molecule has 0 radical (unpaired) electrons. The van der Waals surface area contributed by atoms with Crippen LogP contribution in [0.2, 0.25) is 0 Å². The van der Waals surface area contributed by atoms with Crippen LogP contribution in [-0.4, -0.2) is 32.1 Å². The van der Waals surface area contributed by atoms with E-state index in [0.29, 0.717) is 5.69 Å². The van der Waals surface area contributed by atoms with Crippen LogP contribution in [0.25, 0.3) is 0 Å². The Morgan fingerprint density at radius 3 is 2.26 bits per heavy atom. The Morgan fingerprint density at radius 1 is 1.21 bits per heavy atom. The number of hydrogen-bond acceptors (Lipinski definition) is 4. The first-order valence-electron chi connectivity index (χ1n) is 5.20. The lowest BCUT2D eigenvalue weighted by atomic mass is 10.2. The topological polar surface area (TPSA) is 113 Å². The van der Waals surface area contributed by atoms with Crippen molar-refractivity contribution in [3.63, 3.8) is 0 Å². The van der Waals surface area contributed by atoms with Crippen molar-refractivity contribution in [2.45, 2.75) is 17.7 Å². The highest BCUT2D eigenvalue weighted by Crippen LogP contribution is 2.15. The van der Waals surface area contributed by atoms with E-state index in [4.69, 9.17) is 5.11 Å². The van der Waals surface area contributed by atoms with E-state index in [1.807, 2.05) is 0 Å². The van der Waals surface area contributed by atoms with Crippen molar-refractivity contribution in [3.05, 3.63) is 24.3 Å². The molecular formula is C11H12N2O5S. The molecule has 8 heteroatoms. The van der Waals surface area contributed by atoms with Crippen LogP contribution in [0.3, 0.4) is 0 Å². The predicted molar refractivity (Wildman–Crippen MR) is 68.7 cm³/mol. The standard InChI is InChI=1S/C11H12N2O5S/c1-12-19(17,18)9-4-2-8(3-5-9)13-10(14)6-7-11(15)16/h2-5H,1,6-7H2,(H,13,14)(H,15,16). The van der Waals surface area contributed by atoms with E-state index in [9.17, 15) is 18.0 Å². The quantitative estimate of drug-likeness (QED) is 0.753. The molecule has 0 atom stereocenters. The van der Waals surface area contributed by atoms with Crippen molar-refractivity contribution in [1.29, 1.82) is 0 Å². The summed E-state index contributed by atoms with van der Waals surface area (Å²) in [7, 11) is -3.74. The summed E-state index contributed by atoms with van der Waals surface area (Å²) < 4.78 is 25.7. The fourth-order valence-electron chi connectivity index (χ4n) is 1.23. The van der Waals surface area contributed by atoms with Gasteiger partial charge in [-0.1, -0.05) is 0 Å². The third kappa shape index (κ3) is 4.51. The van der Waals surface area contributed by atoms with Crippen LogP contribution in [0.15, 0.2) is 33.6 Å². The first-order valence-corrected chi connectivity index (χ1v) is 6.64. The number of sulfonamides is 1. The second kappa shape index (κ2) is 6.10. The molecule has 0 fully saturated rings. The molecule has 1 amide bonds. The van der Waals surface area contributed by atoms with Crippen molar-refractivity contribution in [2.75, 3.05) is 5.32 Å². The van der Waals surface area contributed by atoms with Crippen molar-refractivity contribution in [1.82, 2.24) is 0 Å². The fourth-order valence-corrected chi connectivity index (χ4v) is 1.86. The van der Waals surface area contributed by atoms with Crippen LogP contribution in [0.4, 0.5) is 5.69 Å². The summed E-state index contributed by atoms with van der Waals surface area (Å²) in [4.78, 5) is 21.6. The lowest BCUT2D eigenvalue weighted by molar-refractivity contribution is -0.138. The molecule has 7 nitrogen and oxygen atoms in total. The minimum atomic E-state index is -3.74. The summed E-state index contributed by atoms with van der Waals surface area (Å²) in [5, 5.41) is 10.9. The Morgan fingerprint density at radius 2 is 1.79 bits per heavy atom. The van der Waals surface area contributed by atoms with Gasteiger partial charge in [0.2, 0.25) is 5.91 Å². The SMILES string of the molecule is C=NS(=O)(=O)c1ccc(NC(=O)CCC(=O)O)cc1.